The van der Waals surface area contributed by atoms with Crippen molar-refractivity contribution >= 4 is 17.4 Å². The molecule has 2 saturated heterocycles. The topological polar surface area (TPSA) is 64.6 Å². The maximum atomic E-state index is 11.7. The zero-order chi connectivity index (χ0) is 22.9. The highest BCUT2D eigenvalue weighted by molar-refractivity contribution is 5.73. The van der Waals surface area contributed by atoms with Crippen LogP contribution in [0.5, 0.6) is 0 Å². The van der Waals surface area contributed by atoms with Gasteiger partial charge in [0, 0.05) is 83.4 Å². The van der Waals surface area contributed by atoms with Crippen molar-refractivity contribution in [2.24, 2.45) is 0 Å². The third-order valence-electron chi connectivity index (χ3n) is 7.51. The van der Waals surface area contributed by atoms with Gasteiger partial charge in [0.05, 0.1) is 5.69 Å². The molecule has 33 heavy (non-hydrogen) atoms. The van der Waals surface area contributed by atoms with Gasteiger partial charge in [-0.2, -0.15) is 0 Å². The van der Waals surface area contributed by atoms with Crippen molar-refractivity contribution in [3.63, 3.8) is 0 Å². The number of nitrogens with one attached hydrogen (secondary N) is 1. The fourth-order valence-corrected chi connectivity index (χ4v) is 5.66. The van der Waals surface area contributed by atoms with E-state index in [2.05, 4.69) is 40.2 Å². The Bertz CT molecular complexity index is 1010. The summed E-state index contributed by atoms with van der Waals surface area (Å²) in [5.41, 5.74) is 6.54. The van der Waals surface area contributed by atoms with Crippen LogP contribution >= 0.6 is 0 Å². The third-order valence-corrected chi connectivity index (χ3v) is 7.51. The predicted molar refractivity (Wildman–Crippen MR) is 132 cm³/mol. The molecule has 7 nitrogen and oxygen atoms in total. The number of amides is 1. The lowest BCUT2D eigenvalue weighted by Crippen LogP contribution is -2.32. The van der Waals surface area contributed by atoms with Crippen LogP contribution in [0.4, 0.5) is 11.5 Å². The molecule has 0 spiro atoms. The molecule has 0 saturated carbocycles. The van der Waals surface area contributed by atoms with Crippen molar-refractivity contribution in [2.45, 2.75) is 58.5 Å². The van der Waals surface area contributed by atoms with Gasteiger partial charge in [-0.05, 0) is 43.4 Å². The number of carbonyl (C=O) groups excluding carboxylic acids is 1. The molecule has 2 fully saturated rings. The lowest BCUT2D eigenvalue weighted by molar-refractivity contribution is -0.127. The van der Waals surface area contributed by atoms with Crippen LogP contribution in [0, 0.1) is 6.92 Å². The summed E-state index contributed by atoms with van der Waals surface area (Å²) in [7, 11) is 1.95. The number of rotatable bonds is 5. The van der Waals surface area contributed by atoms with Gasteiger partial charge in [0.15, 0.2) is 0 Å². The van der Waals surface area contributed by atoms with Crippen molar-refractivity contribution < 1.29 is 4.79 Å². The monoisotopic (exact) mass is 448 g/mol. The van der Waals surface area contributed by atoms with Gasteiger partial charge in [-0.3, -0.25) is 9.69 Å². The first kappa shape index (κ1) is 22.1. The molecule has 2 aromatic rings. The average Bonchev–Trinajstić information content (AvgIpc) is 3.51. The Kier molecular flexibility index (Phi) is 6.23. The van der Waals surface area contributed by atoms with E-state index in [9.17, 15) is 4.79 Å². The van der Waals surface area contributed by atoms with Gasteiger partial charge in [-0.25, -0.2) is 9.97 Å². The molecule has 0 bridgehead atoms. The summed E-state index contributed by atoms with van der Waals surface area (Å²) in [6.45, 7) is 10.6. The summed E-state index contributed by atoms with van der Waals surface area (Å²) in [6, 6.07) is 6.98. The van der Waals surface area contributed by atoms with E-state index in [-0.39, 0.29) is 11.8 Å². The van der Waals surface area contributed by atoms with E-state index in [0.29, 0.717) is 0 Å². The number of nitrogens with zero attached hydrogens (tertiary/aromatic N) is 5. The molecule has 1 aromatic heterocycles. The van der Waals surface area contributed by atoms with Crippen LogP contribution in [0.3, 0.4) is 0 Å². The van der Waals surface area contributed by atoms with Crippen molar-refractivity contribution in [3.8, 4) is 0 Å². The highest BCUT2D eigenvalue weighted by atomic mass is 16.2. The Balaban J connectivity index is 1.29. The average molecular weight is 449 g/mol. The maximum absolute atomic E-state index is 11.7. The van der Waals surface area contributed by atoms with Gasteiger partial charge in [-0.1, -0.05) is 12.1 Å². The van der Waals surface area contributed by atoms with Crippen LogP contribution in [0.15, 0.2) is 18.2 Å². The molecule has 1 N–H and O–H groups in total. The minimum absolute atomic E-state index is 0.142. The number of carbonyl (C=O) groups is 1. The number of hydrogen-bond donors (Lipinski definition) is 1. The van der Waals surface area contributed by atoms with Crippen molar-refractivity contribution in [1.82, 2.24) is 19.8 Å². The molecular weight excluding hydrogens is 412 g/mol. The summed E-state index contributed by atoms with van der Waals surface area (Å²) < 4.78 is 0. The molecule has 7 heteroatoms. The molecule has 5 rings (SSSR count). The first-order chi connectivity index (χ1) is 16.0. The summed E-state index contributed by atoms with van der Waals surface area (Å²) in [5, 5.41) is 3.32. The van der Waals surface area contributed by atoms with Crippen LogP contribution in [0.25, 0.3) is 0 Å². The highest BCUT2D eigenvalue weighted by Gasteiger charge is 2.30. The van der Waals surface area contributed by atoms with E-state index in [4.69, 9.17) is 9.97 Å². The van der Waals surface area contributed by atoms with Crippen molar-refractivity contribution in [3.05, 3.63) is 46.4 Å². The Morgan fingerprint density at radius 1 is 1.15 bits per heavy atom. The highest BCUT2D eigenvalue weighted by Crippen LogP contribution is 2.31. The maximum Gasteiger partial charge on any atom is 0.219 e. The second kappa shape index (κ2) is 9.29. The number of anilines is 2. The van der Waals surface area contributed by atoms with Gasteiger partial charge >= 0.3 is 0 Å². The molecule has 0 unspecified atom stereocenters. The van der Waals surface area contributed by atoms with Gasteiger partial charge in [0.1, 0.15) is 11.6 Å². The van der Waals surface area contributed by atoms with Gasteiger partial charge in [0.25, 0.3) is 0 Å². The standard InChI is InChI=1S/C26H36N6O/c1-18-14-20(6-7-24(18)31-10-4-5-11-31)15-30-12-9-23-22(17-30)26(27-3)29-25(28-23)21-8-13-32(16-21)19(2)33/h6-7,14,21H,4-5,8-13,15-17H2,1-3H3,(H,27,28,29)/t21-/m0/s1. The van der Waals surface area contributed by atoms with E-state index in [0.717, 1.165) is 57.2 Å². The van der Waals surface area contributed by atoms with Crippen LogP contribution in [0.1, 0.15) is 60.3 Å². The van der Waals surface area contributed by atoms with Crippen LogP contribution < -0.4 is 10.2 Å². The number of aromatic nitrogens is 2. The fourth-order valence-electron chi connectivity index (χ4n) is 5.66. The Labute approximate surface area is 197 Å². The minimum atomic E-state index is 0.142. The van der Waals surface area contributed by atoms with Crippen LogP contribution in [-0.4, -0.2) is 65.4 Å². The van der Waals surface area contributed by atoms with Gasteiger partial charge in [-0.15, -0.1) is 0 Å². The number of fused-ring (bicyclic) bond motifs is 1. The van der Waals surface area contributed by atoms with E-state index < -0.39 is 0 Å². The third kappa shape index (κ3) is 4.56. The van der Waals surface area contributed by atoms with Gasteiger partial charge < -0.3 is 15.1 Å². The largest absolute Gasteiger partial charge is 0.373 e. The minimum Gasteiger partial charge on any atom is -0.373 e. The smallest absolute Gasteiger partial charge is 0.219 e. The van der Waals surface area contributed by atoms with Crippen molar-refractivity contribution in [2.75, 3.05) is 50.0 Å². The lowest BCUT2D eigenvalue weighted by atomic mass is 10.0. The summed E-state index contributed by atoms with van der Waals surface area (Å²) in [6.07, 6.45) is 4.50. The number of likely N-dealkylation sites (tertiary alicyclic amines) is 1. The molecule has 176 valence electrons. The second-order valence-corrected chi connectivity index (χ2v) is 9.83. The summed E-state index contributed by atoms with van der Waals surface area (Å²) >= 11 is 0. The molecule has 3 aliphatic rings. The molecule has 4 heterocycles. The Morgan fingerprint density at radius 3 is 2.67 bits per heavy atom. The molecular formula is C26H36N6O. The first-order valence-electron chi connectivity index (χ1n) is 12.4. The summed E-state index contributed by atoms with van der Waals surface area (Å²) in [5.74, 6) is 2.22. The molecule has 1 amide bonds. The van der Waals surface area contributed by atoms with Crippen LogP contribution in [0.2, 0.25) is 0 Å². The van der Waals surface area contributed by atoms with Crippen LogP contribution in [-0.2, 0) is 24.3 Å². The number of benzene rings is 1. The fraction of sp³-hybridized carbons (Fsp3) is 0.577. The molecule has 0 radical (unpaired) electrons. The lowest BCUT2D eigenvalue weighted by Gasteiger charge is -2.30. The van der Waals surface area contributed by atoms with E-state index >= 15 is 0 Å². The van der Waals surface area contributed by atoms with E-state index in [1.165, 1.54) is 54.0 Å². The number of aryl methyl sites for hydroxylation is 1. The molecule has 1 atom stereocenters. The Morgan fingerprint density at radius 2 is 1.97 bits per heavy atom. The molecule has 3 aliphatic heterocycles. The molecule has 0 aliphatic carbocycles. The predicted octanol–water partition coefficient (Wildman–Crippen LogP) is 3.32. The SMILES string of the molecule is CNc1nc([C@H]2CCN(C(C)=O)C2)nc2c1CN(Cc1ccc(N3CCCC3)c(C)c1)CC2. The summed E-state index contributed by atoms with van der Waals surface area (Å²) in [4.78, 5) is 28.6. The second-order valence-electron chi connectivity index (χ2n) is 9.83. The van der Waals surface area contributed by atoms with E-state index in [1.807, 2.05) is 11.9 Å². The zero-order valence-electron chi connectivity index (χ0n) is 20.2. The normalized spacial score (nSPS) is 20.9. The Hall–Kier alpha value is -2.67. The van der Waals surface area contributed by atoms with Gasteiger partial charge in [0.2, 0.25) is 5.91 Å². The quantitative estimate of drug-likeness (QED) is 0.757. The molecule has 1 aromatic carbocycles. The van der Waals surface area contributed by atoms with Crippen molar-refractivity contribution in [1.29, 1.82) is 0 Å². The number of hydrogen-bond acceptors (Lipinski definition) is 6. The zero-order valence-corrected chi connectivity index (χ0v) is 20.2. The first-order valence-corrected chi connectivity index (χ1v) is 12.4. The van der Waals surface area contributed by atoms with E-state index in [1.54, 1.807) is 6.92 Å².